The number of likely N-dealkylation sites (tertiary alicyclic amines) is 1. The fourth-order valence-electron chi connectivity index (χ4n) is 3.51. The summed E-state index contributed by atoms with van der Waals surface area (Å²) in [5.41, 5.74) is 2.20. The normalized spacial score (nSPS) is 17.9. The van der Waals surface area contributed by atoms with Crippen LogP contribution in [0, 0.1) is 12.8 Å². The predicted octanol–water partition coefficient (Wildman–Crippen LogP) is 2.63. The smallest absolute Gasteiger partial charge is 0.242 e. The van der Waals surface area contributed by atoms with E-state index in [0.717, 1.165) is 49.6 Å². The summed E-state index contributed by atoms with van der Waals surface area (Å²) in [4.78, 5) is 23.6. The zero-order chi connectivity index (χ0) is 16.9. The Kier molecular flexibility index (Phi) is 5.28. The van der Waals surface area contributed by atoms with Gasteiger partial charge in [-0.25, -0.2) is 4.98 Å². The lowest BCUT2D eigenvalue weighted by Gasteiger charge is -2.33. The summed E-state index contributed by atoms with van der Waals surface area (Å²) in [5.74, 6) is 1.68. The van der Waals surface area contributed by atoms with E-state index in [1.165, 1.54) is 6.42 Å². The maximum absolute atomic E-state index is 12.6. The van der Waals surface area contributed by atoms with Crippen LogP contribution in [0.25, 0.3) is 0 Å². The minimum absolute atomic E-state index is 0.199. The van der Waals surface area contributed by atoms with Gasteiger partial charge in [0.05, 0.1) is 0 Å². The molecule has 2 aromatic heterocycles. The Morgan fingerprint density at radius 3 is 3.04 bits per heavy atom. The first kappa shape index (κ1) is 16.7. The first-order chi connectivity index (χ1) is 11.7. The second-order valence-corrected chi connectivity index (χ2v) is 6.65. The van der Waals surface area contributed by atoms with E-state index in [0.29, 0.717) is 12.5 Å². The summed E-state index contributed by atoms with van der Waals surface area (Å²) in [6.45, 7) is 6.20. The molecule has 128 valence electrons. The molecular weight excluding hydrogens is 300 g/mol. The number of aromatic nitrogens is 3. The summed E-state index contributed by atoms with van der Waals surface area (Å²) < 4.78 is 1.97. The Morgan fingerprint density at radius 2 is 2.25 bits per heavy atom. The molecule has 2 aromatic rings. The summed E-state index contributed by atoms with van der Waals surface area (Å²) in [5, 5.41) is 0. The van der Waals surface area contributed by atoms with E-state index in [4.69, 9.17) is 0 Å². The van der Waals surface area contributed by atoms with Crippen LogP contribution in [-0.4, -0.2) is 38.4 Å². The van der Waals surface area contributed by atoms with Crippen molar-refractivity contribution < 1.29 is 4.79 Å². The van der Waals surface area contributed by atoms with E-state index >= 15 is 0 Å². The van der Waals surface area contributed by atoms with E-state index in [2.05, 4.69) is 29.0 Å². The van der Waals surface area contributed by atoms with Gasteiger partial charge in [-0.15, -0.1) is 0 Å². The molecule has 0 aromatic carbocycles. The minimum Gasteiger partial charge on any atom is -0.341 e. The second-order valence-electron chi connectivity index (χ2n) is 6.65. The Hall–Kier alpha value is -2.17. The molecule has 1 amide bonds. The lowest BCUT2D eigenvalue weighted by Crippen LogP contribution is -2.42. The van der Waals surface area contributed by atoms with Crippen molar-refractivity contribution in [2.24, 2.45) is 5.92 Å². The number of imidazole rings is 1. The van der Waals surface area contributed by atoms with Gasteiger partial charge >= 0.3 is 0 Å². The Morgan fingerprint density at radius 1 is 1.38 bits per heavy atom. The molecule has 0 spiro atoms. The summed E-state index contributed by atoms with van der Waals surface area (Å²) in [6.07, 6.45) is 7.72. The fourth-order valence-corrected chi connectivity index (χ4v) is 3.51. The maximum Gasteiger partial charge on any atom is 0.242 e. The van der Waals surface area contributed by atoms with Gasteiger partial charge in [0.25, 0.3) is 0 Å². The highest BCUT2D eigenvalue weighted by molar-refractivity contribution is 5.76. The molecule has 0 bridgehead atoms. The standard InChI is InChI=1S/C19H26N4O/c1-3-18-20-9-11-22(18)14-19(24)23-10-5-7-16(13-23)12-17-8-4-6-15(2)21-17/h4,6,8-9,11,16H,3,5,7,10,12-14H2,1-2H3/t16-/m0/s1. The molecule has 1 fully saturated rings. The van der Waals surface area contributed by atoms with Crippen molar-refractivity contribution in [3.05, 3.63) is 47.8 Å². The van der Waals surface area contributed by atoms with Gasteiger partial charge in [-0.3, -0.25) is 9.78 Å². The van der Waals surface area contributed by atoms with Gasteiger partial charge in [0.1, 0.15) is 12.4 Å². The molecule has 0 radical (unpaired) electrons. The van der Waals surface area contributed by atoms with Crippen LogP contribution in [0.2, 0.25) is 0 Å². The van der Waals surface area contributed by atoms with Crippen LogP contribution in [0.4, 0.5) is 0 Å². The fraction of sp³-hybridized carbons (Fsp3) is 0.526. The van der Waals surface area contributed by atoms with Crippen LogP contribution in [0.1, 0.15) is 37.0 Å². The number of hydrogen-bond donors (Lipinski definition) is 0. The van der Waals surface area contributed by atoms with Crippen molar-refractivity contribution in [2.75, 3.05) is 13.1 Å². The monoisotopic (exact) mass is 326 g/mol. The molecule has 1 aliphatic heterocycles. The number of pyridine rings is 1. The van der Waals surface area contributed by atoms with Gasteiger partial charge in [-0.05, 0) is 44.2 Å². The number of hydrogen-bond acceptors (Lipinski definition) is 3. The lowest BCUT2D eigenvalue weighted by atomic mass is 9.93. The molecule has 3 heterocycles. The van der Waals surface area contributed by atoms with Crippen LogP contribution >= 0.6 is 0 Å². The van der Waals surface area contributed by atoms with Crippen molar-refractivity contribution in [1.29, 1.82) is 0 Å². The zero-order valence-electron chi connectivity index (χ0n) is 14.6. The SMILES string of the molecule is CCc1nccn1CC(=O)N1CCC[C@@H](Cc2cccc(C)n2)C1. The van der Waals surface area contributed by atoms with Crippen molar-refractivity contribution >= 4 is 5.91 Å². The number of rotatable bonds is 5. The third-order valence-electron chi connectivity index (χ3n) is 4.74. The molecule has 5 heteroatoms. The van der Waals surface area contributed by atoms with Gasteiger partial charge in [0.2, 0.25) is 5.91 Å². The minimum atomic E-state index is 0.199. The van der Waals surface area contributed by atoms with E-state index in [1.807, 2.05) is 28.7 Å². The van der Waals surface area contributed by atoms with Crippen LogP contribution in [0.15, 0.2) is 30.6 Å². The van der Waals surface area contributed by atoms with E-state index < -0.39 is 0 Å². The highest BCUT2D eigenvalue weighted by Gasteiger charge is 2.24. The van der Waals surface area contributed by atoms with Gasteiger partial charge < -0.3 is 9.47 Å². The zero-order valence-corrected chi connectivity index (χ0v) is 14.6. The van der Waals surface area contributed by atoms with Crippen LogP contribution in [-0.2, 0) is 24.2 Å². The van der Waals surface area contributed by atoms with Crippen LogP contribution in [0.5, 0.6) is 0 Å². The number of nitrogens with zero attached hydrogens (tertiary/aromatic N) is 4. The molecule has 5 nitrogen and oxygen atoms in total. The average Bonchev–Trinajstić information content (AvgIpc) is 3.02. The maximum atomic E-state index is 12.6. The first-order valence-electron chi connectivity index (χ1n) is 8.86. The number of carbonyl (C=O) groups excluding carboxylic acids is 1. The van der Waals surface area contributed by atoms with Gasteiger partial charge in [-0.2, -0.15) is 0 Å². The molecule has 1 saturated heterocycles. The van der Waals surface area contributed by atoms with Crippen molar-refractivity contribution in [1.82, 2.24) is 19.4 Å². The van der Waals surface area contributed by atoms with E-state index in [9.17, 15) is 4.79 Å². The highest BCUT2D eigenvalue weighted by Crippen LogP contribution is 2.20. The quantitative estimate of drug-likeness (QED) is 0.849. The second kappa shape index (κ2) is 7.60. The van der Waals surface area contributed by atoms with Crippen molar-refractivity contribution in [3.8, 4) is 0 Å². The van der Waals surface area contributed by atoms with Gasteiger partial charge in [0.15, 0.2) is 0 Å². The first-order valence-corrected chi connectivity index (χ1v) is 8.86. The Balaban J connectivity index is 1.59. The average molecular weight is 326 g/mol. The summed E-state index contributed by atoms with van der Waals surface area (Å²) in [6, 6.07) is 6.18. The molecule has 0 saturated carbocycles. The van der Waals surface area contributed by atoms with Crippen LogP contribution in [0.3, 0.4) is 0 Å². The largest absolute Gasteiger partial charge is 0.341 e. The van der Waals surface area contributed by atoms with E-state index in [1.54, 1.807) is 6.20 Å². The van der Waals surface area contributed by atoms with Crippen molar-refractivity contribution in [2.45, 2.75) is 46.1 Å². The topological polar surface area (TPSA) is 51.0 Å². The molecular formula is C19H26N4O. The molecule has 0 unspecified atom stereocenters. The number of carbonyl (C=O) groups is 1. The number of piperidine rings is 1. The third-order valence-corrected chi connectivity index (χ3v) is 4.74. The molecule has 3 rings (SSSR count). The number of aryl methyl sites for hydroxylation is 2. The Bertz CT molecular complexity index is 694. The summed E-state index contributed by atoms with van der Waals surface area (Å²) in [7, 11) is 0. The Labute approximate surface area is 143 Å². The highest BCUT2D eigenvalue weighted by atomic mass is 16.2. The predicted molar refractivity (Wildman–Crippen MR) is 93.6 cm³/mol. The molecule has 1 atom stereocenters. The third kappa shape index (κ3) is 4.02. The molecule has 0 N–H and O–H groups in total. The van der Waals surface area contributed by atoms with E-state index in [-0.39, 0.29) is 5.91 Å². The lowest BCUT2D eigenvalue weighted by molar-refractivity contribution is -0.133. The molecule has 0 aliphatic carbocycles. The number of amides is 1. The van der Waals surface area contributed by atoms with Gasteiger partial charge in [-0.1, -0.05) is 13.0 Å². The molecule has 24 heavy (non-hydrogen) atoms. The van der Waals surface area contributed by atoms with Crippen molar-refractivity contribution in [3.63, 3.8) is 0 Å². The molecule has 1 aliphatic rings. The summed E-state index contributed by atoms with van der Waals surface area (Å²) >= 11 is 0. The van der Waals surface area contributed by atoms with Crippen LogP contribution < -0.4 is 0 Å². The van der Waals surface area contributed by atoms with Gasteiger partial charge in [0, 0.05) is 43.3 Å².